The lowest BCUT2D eigenvalue weighted by atomic mass is 10.2. The van der Waals surface area contributed by atoms with E-state index in [1.807, 2.05) is 0 Å². The predicted octanol–water partition coefficient (Wildman–Crippen LogP) is 0.620. The lowest BCUT2D eigenvalue weighted by molar-refractivity contribution is -0.124. The van der Waals surface area contributed by atoms with E-state index in [1.165, 1.54) is 25.4 Å². The first-order valence-electron chi connectivity index (χ1n) is 4.99. The van der Waals surface area contributed by atoms with Crippen molar-refractivity contribution in [3.8, 4) is 5.75 Å². The number of rotatable bonds is 2. The SMILES string of the molecule is CN1C(=O)CN(/N=C/c2ccc(O)cc2)C1=O. The molecule has 0 aliphatic carbocycles. The highest BCUT2D eigenvalue weighted by Gasteiger charge is 2.32. The summed E-state index contributed by atoms with van der Waals surface area (Å²) in [5.41, 5.74) is 0.734. The normalized spacial score (nSPS) is 16.3. The van der Waals surface area contributed by atoms with Crippen LogP contribution in [0.1, 0.15) is 5.56 Å². The van der Waals surface area contributed by atoms with E-state index in [-0.39, 0.29) is 18.2 Å². The molecule has 1 N–H and O–H groups in total. The first kappa shape index (κ1) is 11.1. The molecule has 0 unspecified atom stereocenters. The summed E-state index contributed by atoms with van der Waals surface area (Å²) in [6.07, 6.45) is 1.46. The molecule has 6 heteroatoms. The molecule has 2 rings (SSSR count). The smallest absolute Gasteiger partial charge is 0.347 e. The number of carbonyl (C=O) groups excluding carboxylic acids is 2. The highest BCUT2D eigenvalue weighted by atomic mass is 16.3. The van der Waals surface area contributed by atoms with Crippen molar-refractivity contribution in [3.63, 3.8) is 0 Å². The molecule has 1 aliphatic rings. The number of aromatic hydroxyl groups is 1. The number of nitrogens with zero attached hydrogens (tertiary/aromatic N) is 3. The van der Waals surface area contributed by atoms with E-state index >= 15 is 0 Å². The number of phenols is 1. The fraction of sp³-hybridized carbons (Fsp3) is 0.182. The Kier molecular flexibility index (Phi) is 2.78. The molecule has 88 valence electrons. The number of likely N-dealkylation sites (N-methyl/N-ethyl adjacent to an activating group) is 1. The van der Waals surface area contributed by atoms with Gasteiger partial charge in [0.25, 0.3) is 5.91 Å². The second kappa shape index (κ2) is 4.25. The molecule has 1 saturated heterocycles. The largest absolute Gasteiger partial charge is 0.508 e. The lowest BCUT2D eigenvalue weighted by Gasteiger charge is -2.07. The van der Waals surface area contributed by atoms with Gasteiger partial charge < -0.3 is 5.11 Å². The number of benzene rings is 1. The fourth-order valence-corrected chi connectivity index (χ4v) is 1.37. The van der Waals surface area contributed by atoms with Crippen LogP contribution in [0.15, 0.2) is 29.4 Å². The number of hydrogen-bond acceptors (Lipinski definition) is 4. The molecule has 0 saturated carbocycles. The van der Waals surface area contributed by atoms with E-state index in [9.17, 15) is 9.59 Å². The van der Waals surface area contributed by atoms with Crippen molar-refractivity contribution in [1.29, 1.82) is 0 Å². The van der Waals surface area contributed by atoms with Crippen LogP contribution in [0.4, 0.5) is 4.79 Å². The standard InChI is InChI=1S/C11H11N3O3/c1-13-10(16)7-14(11(13)17)12-6-8-2-4-9(15)5-3-8/h2-6,15H,7H2,1H3/b12-6+. The van der Waals surface area contributed by atoms with Crippen LogP contribution in [0.3, 0.4) is 0 Å². The van der Waals surface area contributed by atoms with Crippen LogP contribution in [0.25, 0.3) is 0 Å². The van der Waals surface area contributed by atoms with Crippen LogP contribution in [0.5, 0.6) is 5.75 Å². The lowest BCUT2D eigenvalue weighted by Crippen LogP contribution is -2.26. The zero-order valence-corrected chi connectivity index (χ0v) is 9.20. The number of amides is 3. The summed E-state index contributed by atoms with van der Waals surface area (Å²) < 4.78 is 0. The Morgan fingerprint density at radius 2 is 1.94 bits per heavy atom. The third kappa shape index (κ3) is 2.25. The zero-order valence-electron chi connectivity index (χ0n) is 9.20. The molecule has 1 aromatic carbocycles. The van der Waals surface area contributed by atoms with Gasteiger partial charge in [0.15, 0.2) is 0 Å². The second-order valence-electron chi connectivity index (χ2n) is 3.63. The summed E-state index contributed by atoms with van der Waals surface area (Å²) in [7, 11) is 1.42. The summed E-state index contributed by atoms with van der Waals surface area (Å²) in [6, 6.07) is 5.91. The molecular weight excluding hydrogens is 222 g/mol. The van der Waals surface area contributed by atoms with Gasteiger partial charge in [-0.05, 0) is 29.8 Å². The monoisotopic (exact) mass is 233 g/mol. The fourth-order valence-electron chi connectivity index (χ4n) is 1.37. The van der Waals surface area contributed by atoms with Crippen LogP contribution in [-0.2, 0) is 4.79 Å². The number of phenolic OH excluding ortho intramolecular Hbond substituents is 1. The Labute approximate surface area is 97.8 Å². The molecule has 0 bridgehead atoms. The molecule has 0 radical (unpaired) electrons. The van der Waals surface area contributed by atoms with Gasteiger partial charge in [-0.15, -0.1) is 0 Å². The van der Waals surface area contributed by atoms with Crippen LogP contribution in [0.2, 0.25) is 0 Å². The zero-order chi connectivity index (χ0) is 12.4. The van der Waals surface area contributed by atoms with E-state index in [4.69, 9.17) is 5.11 Å². The van der Waals surface area contributed by atoms with Gasteiger partial charge in [-0.25, -0.2) is 9.80 Å². The van der Waals surface area contributed by atoms with Gasteiger partial charge in [0, 0.05) is 7.05 Å². The van der Waals surface area contributed by atoms with Crippen LogP contribution >= 0.6 is 0 Å². The van der Waals surface area contributed by atoms with E-state index in [0.29, 0.717) is 0 Å². The number of urea groups is 1. The molecule has 1 heterocycles. The average molecular weight is 233 g/mol. The second-order valence-corrected chi connectivity index (χ2v) is 3.63. The number of hydrogen-bond donors (Lipinski definition) is 1. The van der Waals surface area contributed by atoms with Crippen molar-refractivity contribution in [2.24, 2.45) is 5.10 Å². The van der Waals surface area contributed by atoms with Gasteiger partial charge in [0.1, 0.15) is 12.3 Å². The van der Waals surface area contributed by atoms with Crippen LogP contribution < -0.4 is 0 Å². The van der Waals surface area contributed by atoms with Gasteiger partial charge in [0.2, 0.25) is 0 Å². The Bertz CT molecular complexity index is 481. The van der Waals surface area contributed by atoms with Crippen molar-refractivity contribution in [2.75, 3.05) is 13.6 Å². The highest BCUT2D eigenvalue weighted by Crippen LogP contribution is 2.10. The highest BCUT2D eigenvalue weighted by molar-refractivity contribution is 6.01. The molecule has 0 aromatic heterocycles. The summed E-state index contributed by atoms with van der Waals surface area (Å²) in [5, 5.41) is 14.1. The quantitative estimate of drug-likeness (QED) is 0.601. The Hall–Kier alpha value is -2.37. The Morgan fingerprint density at radius 1 is 1.29 bits per heavy atom. The maximum absolute atomic E-state index is 11.5. The molecule has 1 aliphatic heterocycles. The Balaban J connectivity index is 2.09. The van der Waals surface area contributed by atoms with Gasteiger partial charge >= 0.3 is 6.03 Å². The molecule has 17 heavy (non-hydrogen) atoms. The maximum atomic E-state index is 11.5. The summed E-state index contributed by atoms with van der Waals surface area (Å²) in [6.45, 7) is -0.0378. The molecule has 1 aromatic rings. The molecule has 3 amide bonds. The minimum atomic E-state index is -0.440. The molecule has 0 spiro atoms. The third-order valence-corrected chi connectivity index (χ3v) is 2.41. The number of imide groups is 1. The van der Waals surface area contributed by atoms with Crippen LogP contribution in [-0.4, -0.2) is 46.8 Å². The van der Waals surface area contributed by atoms with E-state index in [0.717, 1.165) is 15.5 Å². The summed E-state index contributed by atoms with van der Waals surface area (Å²) in [4.78, 5) is 23.7. The van der Waals surface area contributed by atoms with Gasteiger partial charge in [0.05, 0.1) is 6.21 Å². The van der Waals surface area contributed by atoms with Gasteiger partial charge in [-0.3, -0.25) is 9.69 Å². The summed E-state index contributed by atoms with van der Waals surface area (Å²) in [5.74, 6) is -0.118. The Morgan fingerprint density at radius 3 is 2.47 bits per heavy atom. The summed E-state index contributed by atoms with van der Waals surface area (Å²) >= 11 is 0. The van der Waals surface area contributed by atoms with E-state index < -0.39 is 6.03 Å². The minimum Gasteiger partial charge on any atom is -0.508 e. The van der Waals surface area contributed by atoms with Gasteiger partial charge in [-0.2, -0.15) is 5.10 Å². The maximum Gasteiger partial charge on any atom is 0.347 e. The van der Waals surface area contributed by atoms with Crippen molar-refractivity contribution in [2.45, 2.75) is 0 Å². The number of carbonyl (C=O) groups is 2. The predicted molar refractivity (Wildman–Crippen MR) is 60.6 cm³/mol. The first-order valence-corrected chi connectivity index (χ1v) is 4.99. The third-order valence-electron chi connectivity index (χ3n) is 2.41. The van der Waals surface area contributed by atoms with E-state index in [1.54, 1.807) is 12.1 Å². The van der Waals surface area contributed by atoms with E-state index in [2.05, 4.69) is 5.10 Å². The van der Waals surface area contributed by atoms with Crippen molar-refractivity contribution in [1.82, 2.24) is 9.91 Å². The molecule has 1 fully saturated rings. The van der Waals surface area contributed by atoms with Crippen molar-refractivity contribution in [3.05, 3.63) is 29.8 Å². The minimum absolute atomic E-state index is 0.0378. The topological polar surface area (TPSA) is 73.2 Å². The average Bonchev–Trinajstić information content (AvgIpc) is 2.56. The first-order chi connectivity index (χ1) is 8.08. The molecule has 0 atom stereocenters. The molecular formula is C11H11N3O3. The van der Waals surface area contributed by atoms with Crippen molar-refractivity contribution < 1.29 is 14.7 Å². The van der Waals surface area contributed by atoms with Crippen molar-refractivity contribution >= 4 is 18.2 Å². The van der Waals surface area contributed by atoms with Gasteiger partial charge in [-0.1, -0.05) is 0 Å². The van der Waals surface area contributed by atoms with Crippen LogP contribution in [0, 0.1) is 0 Å². The number of hydrazone groups is 1. The molecule has 6 nitrogen and oxygen atoms in total.